The molecule has 0 aromatic carbocycles. The second-order valence-corrected chi connectivity index (χ2v) is 4.95. The van der Waals surface area contributed by atoms with Gasteiger partial charge in [0.25, 0.3) is 0 Å². The third-order valence-electron chi connectivity index (χ3n) is 2.45. The standard InChI is InChI=1S/C12H13N3O3S/c1-6-11(19-7(2)14-6)10(16)9-12(18-4)15-8(17-3)5-13-9/h5H,1-4H3. The number of rotatable bonds is 4. The Kier molecular flexibility index (Phi) is 3.75. The number of carbonyl (C=O) groups is 1. The van der Waals surface area contributed by atoms with Crippen molar-refractivity contribution in [1.82, 2.24) is 15.0 Å². The predicted octanol–water partition coefficient (Wildman–Crippen LogP) is 1.80. The minimum absolute atomic E-state index is 0.148. The number of aromatic nitrogens is 3. The SMILES string of the molecule is COc1cnc(C(=O)c2sc(C)nc2C)c(OC)n1. The molecule has 2 heterocycles. The number of aryl methyl sites for hydroxylation is 2. The summed E-state index contributed by atoms with van der Waals surface area (Å²) in [6.45, 7) is 3.64. The highest BCUT2D eigenvalue weighted by atomic mass is 32.1. The van der Waals surface area contributed by atoms with Gasteiger partial charge in [-0.3, -0.25) is 4.79 Å². The zero-order valence-corrected chi connectivity index (χ0v) is 11.9. The Morgan fingerprint density at radius 1 is 1.21 bits per heavy atom. The molecule has 0 saturated heterocycles. The van der Waals surface area contributed by atoms with Gasteiger partial charge in [0.1, 0.15) is 0 Å². The van der Waals surface area contributed by atoms with Gasteiger partial charge >= 0.3 is 0 Å². The Morgan fingerprint density at radius 3 is 2.47 bits per heavy atom. The van der Waals surface area contributed by atoms with E-state index in [0.29, 0.717) is 16.5 Å². The lowest BCUT2D eigenvalue weighted by Crippen LogP contribution is -2.08. The highest BCUT2D eigenvalue weighted by Gasteiger charge is 2.22. The van der Waals surface area contributed by atoms with Crippen LogP contribution in [0.3, 0.4) is 0 Å². The summed E-state index contributed by atoms with van der Waals surface area (Å²) in [6, 6.07) is 0. The molecule has 0 N–H and O–H groups in total. The Hall–Kier alpha value is -2.02. The number of hydrogen-bond donors (Lipinski definition) is 0. The van der Waals surface area contributed by atoms with Crippen LogP contribution >= 0.6 is 11.3 Å². The normalized spacial score (nSPS) is 10.3. The van der Waals surface area contributed by atoms with Crippen LogP contribution in [-0.4, -0.2) is 35.0 Å². The molecule has 6 nitrogen and oxygen atoms in total. The topological polar surface area (TPSA) is 74.2 Å². The molecule has 7 heteroatoms. The van der Waals surface area contributed by atoms with Crippen molar-refractivity contribution in [2.75, 3.05) is 14.2 Å². The molecule has 0 atom stereocenters. The molecule has 0 aliphatic rings. The lowest BCUT2D eigenvalue weighted by molar-refractivity contribution is 0.103. The van der Waals surface area contributed by atoms with E-state index in [9.17, 15) is 4.79 Å². The second-order valence-electron chi connectivity index (χ2n) is 3.75. The summed E-state index contributed by atoms with van der Waals surface area (Å²) >= 11 is 1.33. The summed E-state index contributed by atoms with van der Waals surface area (Å²) in [4.78, 5) is 25.3. The molecule has 0 fully saturated rings. The fourth-order valence-corrected chi connectivity index (χ4v) is 2.46. The van der Waals surface area contributed by atoms with Gasteiger partial charge in [-0.15, -0.1) is 11.3 Å². The number of hydrogen-bond acceptors (Lipinski definition) is 7. The van der Waals surface area contributed by atoms with E-state index < -0.39 is 0 Å². The molecule has 0 radical (unpaired) electrons. The maximum atomic E-state index is 12.4. The lowest BCUT2D eigenvalue weighted by atomic mass is 10.2. The summed E-state index contributed by atoms with van der Waals surface area (Å²) in [6.07, 6.45) is 1.39. The van der Waals surface area contributed by atoms with Crippen LogP contribution in [0.5, 0.6) is 11.8 Å². The van der Waals surface area contributed by atoms with Crippen LogP contribution in [0.1, 0.15) is 26.1 Å². The van der Waals surface area contributed by atoms with Crippen molar-refractivity contribution in [2.24, 2.45) is 0 Å². The van der Waals surface area contributed by atoms with Gasteiger partial charge < -0.3 is 9.47 Å². The van der Waals surface area contributed by atoms with E-state index in [0.717, 1.165) is 5.01 Å². The molecule has 0 aliphatic heterocycles. The molecular weight excluding hydrogens is 266 g/mol. The van der Waals surface area contributed by atoms with Crippen molar-refractivity contribution in [1.29, 1.82) is 0 Å². The van der Waals surface area contributed by atoms with Crippen LogP contribution in [-0.2, 0) is 0 Å². The molecule has 0 bridgehead atoms. The zero-order chi connectivity index (χ0) is 14.0. The van der Waals surface area contributed by atoms with Crippen molar-refractivity contribution in [2.45, 2.75) is 13.8 Å². The molecule has 2 aromatic heterocycles. The van der Waals surface area contributed by atoms with Crippen LogP contribution in [0.4, 0.5) is 0 Å². The Morgan fingerprint density at radius 2 is 1.95 bits per heavy atom. The van der Waals surface area contributed by atoms with Gasteiger partial charge in [0, 0.05) is 0 Å². The highest BCUT2D eigenvalue weighted by molar-refractivity contribution is 7.14. The maximum Gasteiger partial charge on any atom is 0.247 e. The summed E-state index contributed by atoms with van der Waals surface area (Å²) in [5, 5.41) is 0.835. The fourth-order valence-electron chi connectivity index (χ4n) is 1.60. The van der Waals surface area contributed by atoms with E-state index in [2.05, 4.69) is 15.0 Å². The lowest BCUT2D eigenvalue weighted by Gasteiger charge is -2.06. The van der Waals surface area contributed by atoms with Gasteiger partial charge in [-0.05, 0) is 13.8 Å². The number of ketones is 1. The van der Waals surface area contributed by atoms with Crippen molar-refractivity contribution < 1.29 is 14.3 Å². The van der Waals surface area contributed by atoms with E-state index in [1.54, 1.807) is 6.92 Å². The fraction of sp³-hybridized carbons (Fsp3) is 0.333. The molecule has 2 rings (SSSR count). The Bertz CT molecular complexity index is 625. The number of thiazole rings is 1. The van der Waals surface area contributed by atoms with Gasteiger partial charge in [0.05, 0.1) is 36.0 Å². The third kappa shape index (κ3) is 2.55. The highest BCUT2D eigenvalue weighted by Crippen LogP contribution is 2.25. The summed E-state index contributed by atoms with van der Waals surface area (Å²) < 4.78 is 10.0. The monoisotopic (exact) mass is 279 g/mol. The van der Waals surface area contributed by atoms with Gasteiger partial charge in [0.2, 0.25) is 17.5 Å². The van der Waals surface area contributed by atoms with Crippen LogP contribution in [0.2, 0.25) is 0 Å². The van der Waals surface area contributed by atoms with Crippen LogP contribution < -0.4 is 9.47 Å². The van der Waals surface area contributed by atoms with Crippen molar-refractivity contribution in [3.05, 3.63) is 27.5 Å². The Labute approximate surface area is 114 Å². The molecule has 0 aliphatic carbocycles. The van der Waals surface area contributed by atoms with Gasteiger partial charge in [0.15, 0.2) is 5.69 Å². The largest absolute Gasteiger partial charge is 0.480 e. The van der Waals surface area contributed by atoms with Crippen LogP contribution in [0, 0.1) is 13.8 Å². The summed E-state index contributed by atoms with van der Waals surface area (Å²) in [5.41, 5.74) is 0.849. The summed E-state index contributed by atoms with van der Waals surface area (Å²) in [7, 11) is 2.91. The Balaban J connectivity index is 2.46. The minimum Gasteiger partial charge on any atom is -0.480 e. The quantitative estimate of drug-likeness (QED) is 0.794. The first kappa shape index (κ1) is 13.4. The van der Waals surface area contributed by atoms with E-state index in [1.165, 1.54) is 31.8 Å². The van der Waals surface area contributed by atoms with Gasteiger partial charge in [-0.25, -0.2) is 9.97 Å². The van der Waals surface area contributed by atoms with E-state index in [-0.39, 0.29) is 17.4 Å². The molecule has 2 aromatic rings. The second kappa shape index (κ2) is 5.31. The van der Waals surface area contributed by atoms with E-state index in [4.69, 9.17) is 9.47 Å². The minimum atomic E-state index is -0.241. The molecule has 19 heavy (non-hydrogen) atoms. The first-order valence-corrected chi connectivity index (χ1v) is 6.32. The zero-order valence-electron chi connectivity index (χ0n) is 11.1. The van der Waals surface area contributed by atoms with Crippen LogP contribution in [0.25, 0.3) is 0 Å². The molecule has 0 unspecified atom stereocenters. The average Bonchev–Trinajstić information content (AvgIpc) is 2.76. The van der Waals surface area contributed by atoms with E-state index >= 15 is 0 Å². The van der Waals surface area contributed by atoms with Crippen molar-refractivity contribution in [3.8, 4) is 11.8 Å². The summed E-state index contributed by atoms with van der Waals surface area (Å²) in [5.74, 6) is 0.204. The number of ether oxygens (including phenoxy) is 2. The smallest absolute Gasteiger partial charge is 0.247 e. The molecule has 100 valence electrons. The van der Waals surface area contributed by atoms with Gasteiger partial charge in [-0.2, -0.15) is 4.98 Å². The number of nitrogens with zero attached hydrogens (tertiary/aromatic N) is 3. The predicted molar refractivity (Wildman–Crippen MR) is 70.2 cm³/mol. The molecular formula is C12H13N3O3S. The first-order valence-electron chi connectivity index (χ1n) is 5.50. The molecule has 0 saturated carbocycles. The number of methoxy groups -OCH3 is 2. The van der Waals surface area contributed by atoms with Gasteiger partial charge in [-0.1, -0.05) is 0 Å². The van der Waals surface area contributed by atoms with E-state index in [1.807, 2.05) is 6.92 Å². The third-order valence-corrected chi connectivity index (χ3v) is 3.52. The van der Waals surface area contributed by atoms with Crippen LogP contribution in [0.15, 0.2) is 6.20 Å². The molecule has 0 spiro atoms. The van der Waals surface area contributed by atoms with Crippen molar-refractivity contribution in [3.63, 3.8) is 0 Å². The first-order chi connectivity index (χ1) is 9.06. The molecule has 0 amide bonds. The average molecular weight is 279 g/mol. The van der Waals surface area contributed by atoms with Crippen molar-refractivity contribution >= 4 is 17.1 Å². The number of carbonyl (C=O) groups excluding carboxylic acids is 1. The maximum absolute atomic E-state index is 12.4.